The fourth-order valence-corrected chi connectivity index (χ4v) is 1.80. The molecule has 0 spiro atoms. The monoisotopic (exact) mass is 220 g/mol. The average Bonchev–Trinajstić information content (AvgIpc) is 2.60. The molecule has 16 heavy (non-hydrogen) atoms. The van der Waals surface area contributed by atoms with Crippen molar-refractivity contribution in [3.63, 3.8) is 0 Å². The standard InChI is InChI=1S/C13H16O3/c1-10-7-12(16-13(10)14)9-15-8-11-5-3-2-4-6-11/h2-6,10,12H,7-9H2,1H3/t10-,12+/m0/s1. The fraction of sp³-hybridized carbons (Fsp3) is 0.462. The van der Waals surface area contributed by atoms with Crippen LogP contribution in [0.2, 0.25) is 0 Å². The van der Waals surface area contributed by atoms with Gasteiger partial charge in [0.05, 0.1) is 19.1 Å². The summed E-state index contributed by atoms with van der Waals surface area (Å²) in [6.07, 6.45) is 0.708. The molecule has 1 heterocycles. The maximum absolute atomic E-state index is 11.1. The van der Waals surface area contributed by atoms with Gasteiger partial charge in [0.2, 0.25) is 0 Å². The van der Waals surface area contributed by atoms with Gasteiger partial charge in [-0.05, 0) is 12.0 Å². The van der Waals surface area contributed by atoms with E-state index in [-0.39, 0.29) is 18.0 Å². The zero-order valence-electron chi connectivity index (χ0n) is 9.39. The first-order valence-corrected chi connectivity index (χ1v) is 5.58. The Balaban J connectivity index is 1.71. The highest BCUT2D eigenvalue weighted by molar-refractivity contribution is 5.74. The minimum Gasteiger partial charge on any atom is -0.460 e. The summed E-state index contributed by atoms with van der Waals surface area (Å²) in [5.41, 5.74) is 1.14. The Kier molecular flexibility index (Phi) is 3.57. The first-order valence-electron chi connectivity index (χ1n) is 5.58. The van der Waals surface area contributed by atoms with Crippen LogP contribution in [0.5, 0.6) is 0 Å². The zero-order chi connectivity index (χ0) is 11.4. The minimum absolute atomic E-state index is 0.0188. The molecule has 2 atom stereocenters. The number of cyclic esters (lactones) is 1. The summed E-state index contributed by atoms with van der Waals surface area (Å²) in [4.78, 5) is 11.1. The van der Waals surface area contributed by atoms with Gasteiger partial charge in [-0.3, -0.25) is 4.79 Å². The van der Waals surface area contributed by atoms with E-state index >= 15 is 0 Å². The first kappa shape index (κ1) is 11.1. The van der Waals surface area contributed by atoms with E-state index in [0.717, 1.165) is 12.0 Å². The molecule has 1 saturated heterocycles. The van der Waals surface area contributed by atoms with Gasteiger partial charge in [0.15, 0.2) is 0 Å². The van der Waals surface area contributed by atoms with E-state index in [9.17, 15) is 4.79 Å². The fourth-order valence-electron chi connectivity index (χ4n) is 1.80. The largest absolute Gasteiger partial charge is 0.460 e. The molecule has 2 rings (SSSR count). The molecule has 3 nitrogen and oxygen atoms in total. The van der Waals surface area contributed by atoms with Crippen LogP contribution in [0, 0.1) is 5.92 Å². The van der Waals surface area contributed by atoms with Gasteiger partial charge < -0.3 is 9.47 Å². The molecule has 0 saturated carbocycles. The van der Waals surface area contributed by atoms with Crippen LogP contribution in [0.4, 0.5) is 0 Å². The van der Waals surface area contributed by atoms with Crippen molar-refractivity contribution in [2.75, 3.05) is 6.61 Å². The Morgan fingerprint density at radius 2 is 2.12 bits per heavy atom. The van der Waals surface area contributed by atoms with Crippen LogP contribution in [0.25, 0.3) is 0 Å². The van der Waals surface area contributed by atoms with Gasteiger partial charge >= 0.3 is 5.97 Å². The van der Waals surface area contributed by atoms with E-state index in [4.69, 9.17) is 9.47 Å². The molecule has 1 aliphatic rings. The summed E-state index contributed by atoms with van der Waals surface area (Å²) in [5, 5.41) is 0. The molecule has 1 fully saturated rings. The molecule has 1 aliphatic heterocycles. The van der Waals surface area contributed by atoms with Crippen molar-refractivity contribution < 1.29 is 14.3 Å². The second-order valence-electron chi connectivity index (χ2n) is 4.20. The van der Waals surface area contributed by atoms with E-state index < -0.39 is 0 Å². The van der Waals surface area contributed by atoms with E-state index in [1.165, 1.54) is 0 Å². The summed E-state index contributed by atoms with van der Waals surface area (Å²) in [6.45, 7) is 2.95. The molecule has 0 aliphatic carbocycles. The van der Waals surface area contributed by atoms with Crippen molar-refractivity contribution in [2.24, 2.45) is 5.92 Å². The number of ether oxygens (including phenoxy) is 2. The Bertz CT molecular complexity index is 347. The van der Waals surface area contributed by atoms with Crippen molar-refractivity contribution in [3.8, 4) is 0 Å². The predicted octanol–water partition coefficient (Wildman–Crippen LogP) is 2.15. The van der Waals surface area contributed by atoms with E-state index in [1.807, 2.05) is 37.3 Å². The molecule has 0 N–H and O–H groups in total. The van der Waals surface area contributed by atoms with Crippen molar-refractivity contribution in [3.05, 3.63) is 35.9 Å². The minimum atomic E-state index is -0.103. The van der Waals surface area contributed by atoms with Crippen molar-refractivity contribution in [1.29, 1.82) is 0 Å². The summed E-state index contributed by atoms with van der Waals surface area (Å²) < 4.78 is 10.7. The van der Waals surface area contributed by atoms with Gasteiger partial charge in [-0.25, -0.2) is 0 Å². The topological polar surface area (TPSA) is 35.5 Å². The third-order valence-corrected chi connectivity index (χ3v) is 2.72. The van der Waals surface area contributed by atoms with Crippen LogP contribution in [-0.4, -0.2) is 18.7 Å². The Hall–Kier alpha value is -1.35. The Morgan fingerprint density at radius 1 is 1.38 bits per heavy atom. The quantitative estimate of drug-likeness (QED) is 0.729. The molecule has 86 valence electrons. The maximum Gasteiger partial charge on any atom is 0.309 e. The van der Waals surface area contributed by atoms with Crippen LogP contribution in [0.15, 0.2) is 30.3 Å². The van der Waals surface area contributed by atoms with Gasteiger partial charge in [-0.15, -0.1) is 0 Å². The molecule has 0 unspecified atom stereocenters. The lowest BCUT2D eigenvalue weighted by Gasteiger charge is -2.09. The second kappa shape index (κ2) is 5.12. The lowest BCUT2D eigenvalue weighted by molar-refractivity contribution is -0.145. The third kappa shape index (κ3) is 2.83. The number of esters is 1. The maximum atomic E-state index is 11.1. The second-order valence-corrected chi connectivity index (χ2v) is 4.20. The number of hydrogen-bond donors (Lipinski definition) is 0. The molecule has 1 aromatic rings. The van der Waals surface area contributed by atoms with Gasteiger partial charge in [0.25, 0.3) is 0 Å². The van der Waals surface area contributed by atoms with E-state index in [0.29, 0.717) is 13.2 Å². The number of carbonyl (C=O) groups excluding carboxylic acids is 1. The number of carbonyl (C=O) groups is 1. The lowest BCUT2D eigenvalue weighted by Crippen LogP contribution is -2.14. The van der Waals surface area contributed by atoms with Crippen LogP contribution < -0.4 is 0 Å². The van der Waals surface area contributed by atoms with Crippen LogP contribution >= 0.6 is 0 Å². The Morgan fingerprint density at radius 3 is 2.75 bits per heavy atom. The Labute approximate surface area is 95.4 Å². The van der Waals surface area contributed by atoms with Gasteiger partial charge in [-0.1, -0.05) is 37.3 Å². The average molecular weight is 220 g/mol. The molecular weight excluding hydrogens is 204 g/mol. The highest BCUT2D eigenvalue weighted by atomic mass is 16.6. The number of hydrogen-bond acceptors (Lipinski definition) is 3. The van der Waals surface area contributed by atoms with E-state index in [1.54, 1.807) is 0 Å². The third-order valence-electron chi connectivity index (χ3n) is 2.72. The highest BCUT2D eigenvalue weighted by Gasteiger charge is 2.30. The molecule has 1 aromatic carbocycles. The summed E-state index contributed by atoms with van der Waals surface area (Å²) >= 11 is 0. The summed E-state index contributed by atoms with van der Waals surface area (Å²) in [5.74, 6) is -0.0846. The van der Waals surface area contributed by atoms with Gasteiger partial charge in [-0.2, -0.15) is 0 Å². The van der Waals surface area contributed by atoms with E-state index in [2.05, 4.69) is 0 Å². The molecule has 0 aromatic heterocycles. The first-order chi connectivity index (χ1) is 7.75. The van der Waals surface area contributed by atoms with Crippen molar-refractivity contribution >= 4 is 5.97 Å². The molecule has 0 radical (unpaired) electrons. The predicted molar refractivity (Wildman–Crippen MR) is 59.8 cm³/mol. The highest BCUT2D eigenvalue weighted by Crippen LogP contribution is 2.20. The smallest absolute Gasteiger partial charge is 0.309 e. The van der Waals surface area contributed by atoms with Crippen LogP contribution in [0.1, 0.15) is 18.9 Å². The van der Waals surface area contributed by atoms with Crippen LogP contribution in [-0.2, 0) is 20.9 Å². The summed E-state index contributed by atoms with van der Waals surface area (Å²) in [7, 11) is 0. The van der Waals surface area contributed by atoms with Crippen molar-refractivity contribution in [2.45, 2.75) is 26.1 Å². The molecular formula is C13H16O3. The normalized spacial score (nSPS) is 24.4. The van der Waals surface area contributed by atoms with Crippen LogP contribution in [0.3, 0.4) is 0 Å². The van der Waals surface area contributed by atoms with Crippen molar-refractivity contribution in [1.82, 2.24) is 0 Å². The molecule has 3 heteroatoms. The zero-order valence-corrected chi connectivity index (χ0v) is 9.39. The van der Waals surface area contributed by atoms with Gasteiger partial charge in [0, 0.05) is 0 Å². The lowest BCUT2D eigenvalue weighted by atomic mass is 10.1. The summed E-state index contributed by atoms with van der Waals surface area (Å²) in [6, 6.07) is 9.98. The number of rotatable bonds is 4. The molecule has 0 amide bonds. The number of benzene rings is 1. The van der Waals surface area contributed by atoms with Gasteiger partial charge in [0.1, 0.15) is 6.10 Å². The molecule has 0 bridgehead atoms. The SMILES string of the molecule is C[C@H]1C[C@H](COCc2ccccc2)OC1=O.